The summed E-state index contributed by atoms with van der Waals surface area (Å²) in [5.74, 6) is -0.253. The third kappa shape index (κ3) is 4.43. The second kappa shape index (κ2) is 7.22. The number of amides is 1. The van der Waals surface area contributed by atoms with Crippen LogP contribution in [0.1, 0.15) is 11.1 Å². The van der Waals surface area contributed by atoms with E-state index in [0.29, 0.717) is 11.9 Å². The molecule has 5 nitrogen and oxygen atoms in total. The van der Waals surface area contributed by atoms with Crippen molar-refractivity contribution >= 4 is 24.2 Å². The van der Waals surface area contributed by atoms with E-state index >= 15 is 0 Å². The molecule has 0 radical (unpaired) electrons. The second-order valence-electron chi connectivity index (χ2n) is 5.28. The van der Waals surface area contributed by atoms with Gasteiger partial charge in [0.15, 0.2) is 0 Å². The van der Waals surface area contributed by atoms with Crippen molar-refractivity contribution in [1.82, 2.24) is 0 Å². The van der Waals surface area contributed by atoms with Crippen LogP contribution < -0.4 is 16.5 Å². The number of hydrogen-bond acceptors (Lipinski definition) is 4. The van der Waals surface area contributed by atoms with Gasteiger partial charge in [-0.1, -0.05) is 36.4 Å². The summed E-state index contributed by atoms with van der Waals surface area (Å²) in [6, 6.07) is 13.5. The zero-order chi connectivity index (χ0) is 16.1. The lowest BCUT2D eigenvalue weighted by Crippen LogP contribution is -2.37. The Bertz CT molecular complexity index is 644. The summed E-state index contributed by atoms with van der Waals surface area (Å²) in [7, 11) is -1.49. The number of nitrogens with one attached hydrogen (secondary N) is 1. The molecule has 5 N–H and O–H groups in total. The molecule has 0 fully saturated rings. The highest BCUT2D eigenvalue weighted by atomic mass is 16.4. The van der Waals surface area contributed by atoms with E-state index in [4.69, 9.17) is 15.8 Å². The minimum atomic E-state index is -1.49. The molecule has 0 aromatic heterocycles. The fourth-order valence-corrected chi connectivity index (χ4v) is 2.13. The van der Waals surface area contributed by atoms with Crippen molar-refractivity contribution in [3.8, 4) is 0 Å². The molecule has 0 saturated carbocycles. The minimum Gasteiger partial charge on any atom is -0.423 e. The maximum atomic E-state index is 12.1. The molecule has 0 unspecified atom stereocenters. The van der Waals surface area contributed by atoms with Gasteiger partial charge in [0.2, 0.25) is 5.91 Å². The molecule has 0 aliphatic carbocycles. The van der Waals surface area contributed by atoms with Crippen LogP contribution >= 0.6 is 0 Å². The number of anilines is 1. The molecule has 1 amide bonds. The molecule has 2 rings (SSSR count). The first-order valence-corrected chi connectivity index (χ1v) is 7.04. The summed E-state index contributed by atoms with van der Waals surface area (Å²) in [5, 5.41) is 20.9. The molecule has 1 atom stereocenters. The lowest BCUT2D eigenvalue weighted by atomic mass is 9.80. The van der Waals surface area contributed by atoms with E-state index in [1.54, 1.807) is 24.3 Å². The maximum absolute atomic E-state index is 12.1. The number of aryl methyl sites for hydroxylation is 1. The average Bonchev–Trinajstić information content (AvgIpc) is 2.47. The molecular formula is C16H19BN2O3. The topological polar surface area (TPSA) is 95.6 Å². The summed E-state index contributed by atoms with van der Waals surface area (Å²) in [5.41, 5.74) is 8.97. The van der Waals surface area contributed by atoms with Crippen LogP contribution in [0.15, 0.2) is 48.5 Å². The second-order valence-corrected chi connectivity index (χ2v) is 5.28. The van der Waals surface area contributed by atoms with Gasteiger partial charge in [0, 0.05) is 5.69 Å². The highest BCUT2D eigenvalue weighted by molar-refractivity contribution is 6.58. The van der Waals surface area contributed by atoms with Gasteiger partial charge in [-0.15, -0.1) is 0 Å². The van der Waals surface area contributed by atoms with Gasteiger partial charge in [0.25, 0.3) is 0 Å². The molecule has 0 saturated heterocycles. The monoisotopic (exact) mass is 298 g/mol. The fraction of sp³-hybridized carbons (Fsp3) is 0.188. The summed E-state index contributed by atoms with van der Waals surface area (Å²) in [6.45, 7) is 1.95. The van der Waals surface area contributed by atoms with Gasteiger partial charge >= 0.3 is 7.12 Å². The first kappa shape index (κ1) is 16.2. The summed E-state index contributed by atoms with van der Waals surface area (Å²) in [6.07, 6.45) is 0.374. The smallest absolute Gasteiger partial charge is 0.423 e. The quantitative estimate of drug-likeness (QED) is 0.592. The lowest BCUT2D eigenvalue weighted by molar-refractivity contribution is -0.117. The SMILES string of the molecule is Cc1cccc(NC(=O)[C@@H](N)Cc2ccc(B(O)O)cc2)c1. The molecular weight excluding hydrogens is 279 g/mol. The summed E-state index contributed by atoms with van der Waals surface area (Å²) >= 11 is 0. The van der Waals surface area contributed by atoms with Crippen molar-refractivity contribution in [2.24, 2.45) is 5.73 Å². The van der Waals surface area contributed by atoms with Gasteiger partial charge in [-0.2, -0.15) is 0 Å². The highest BCUT2D eigenvalue weighted by Crippen LogP contribution is 2.10. The molecule has 0 spiro atoms. The molecule has 6 heteroatoms. The van der Waals surface area contributed by atoms with Gasteiger partial charge in [-0.05, 0) is 42.1 Å². The van der Waals surface area contributed by atoms with E-state index in [1.807, 2.05) is 31.2 Å². The molecule has 0 bridgehead atoms. The first-order valence-electron chi connectivity index (χ1n) is 7.04. The largest absolute Gasteiger partial charge is 0.488 e. The Labute approximate surface area is 129 Å². The van der Waals surface area contributed by atoms with Gasteiger partial charge in [0.05, 0.1) is 6.04 Å². The normalized spacial score (nSPS) is 11.8. The number of nitrogens with two attached hydrogens (primary N) is 1. The Morgan fingerprint density at radius 3 is 2.50 bits per heavy atom. The maximum Gasteiger partial charge on any atom is 0.488 e. The van der Waals surface area contributed by atoms with Crippen LogP contribution in [0.4, 0.5) is 5.69 Å². The zero-order valence-corrected chi connectivity index (χ0v) is 12.4. The number of carbonyl (C=O) groups excluding carboxylic acids is 1. The van der Waals surface area contributed by atoms with Gasteiger partial charge < -0.3 is 21.1 Å². The lowest BCUT2D eigenvalue weighted by Gasteiger charge is -2.13. The third-order valence-corrected chi connectivity index (χ3v) is 3.36. The highest BCUT2D eigenvalue weighted by Gasteiger charge is 2.15. The summed E-state index contributed by atoms with van der Waals surface area (Å²) < 4.78 is 0. The van der Waals surface area contributed by atoms with E-state index in [0.717, 1.165) is 16.8 Å². The van der Waals surface area contributed by atoms with E-state index < -0.39 is 13.2 Å². The Morgan fingerprint density at radius 2 is 1.91 bits per heavy atom. The van der Waals surface area contributed by atoms with Crippen molar-refractivity contribution < 1.29 is 14.8 Å². The van der Waals surface area contributed by atoms with Crippen molar-refractivity contribution in [2.75, 3.05) is 5.32 Å². The van der Waals surface area contributed by atoms with Crippen molar-refractivity contribution in [3.63, 3.8) is 0 Å². The Kier molecular flexibility index (Phi) is 5.33. The zero-order valence-electron chi connectivity index (χ0n) is 12.4. The third-order valence-electron chi connectivity index (χ3n) is 3.36. The van der Waals surface area contributed by atoms with Crippen LogP contribution in [0.25, 0.3) is 0 Å². The molecule has 114 valence electrons. The number of benzene rings is 2. The number of carbonyl (C=O) groups is 1. The van der Waals surface area contributed by atoms with Crippen molar-refractivity contribution in [1.29, 1.82) is 0 Å². The fourth-order valence-electron chi connectivity index (χ4n) is 2.13. The Balaban J connectivity index is 1.96. The average molecular weight is 298 g/mol. The Morgan fingerprint density at radius 1 is 1.23 bits per heavy atom. The summed E-state index contributed by atoms with van der Waals surface area (Å²) in [4.78, 5) is 12.1. The van der Waals surface area contributed by atoms with Crippen LogP contribution in [0.2, 0.25) is 0 Å². The van der Waals surface area contributed by atoms with E-state index in [2.05, 4.69) is 5.32 Å². The molecule has 2 aromatic carbocycles. The van der Waals surface area contributed by atoms with Gasteiger partial charge in [0.1, 0.15) is 0 Å². The molecule has 0 aliphatic rings. The standard InChI is InChI=1S/C16H19BN2O3/c1-11-3-2-4-14(9-11)19-16(20)15(18)10-12-5-7-13(8-6-12)17(21)22/h2-9,15,21-22H,10,18H2,1H3,(H,19,20)/t15-/m0/s1. The van der Waals surface area contributed by atoms with Crippen LogP contribution in [-0.2, 0) is 11.2 Å². The predicted octanol–water partition coefficient (Wildman–Crippen LogP) is 0.183. The van der Waals surface area contributed by atoms with E-state index in [-0.39, 0.29) is 5.91 Å². The molecule has 2 aromatic rings. The van der Waals surface area contributed by atoms with E-state index in [1.165, 1.54) is 0 Å². The molecule has 22 heavy (non-hydrogen) atoms. The number of rotatable bonds is 5. The van der Waals surface area contributed by atoms with Gasteiger partial charge in [-0.25, -0.2) is 0 Å². The van der Waals surface area contributed by atoms with Crippen molar-refractivity contribution in [3.05, 3.63) is 59.7 Å². The molecule has 0 aliphatic heterocycles. The predicted molar refractivity (Wildman–Crippen MR) is 87.8 cm³/mol. The van der Waals surface area contributed by atoms with Crippen molar-refractivity contribution in [2.45, 2.75) is 19.4 Å². The first-order chi connectivity index (χ1) is 10.5. The molecule has 0 heterocycles. The van der Waals surface area contributed by atoms with Crippen LogP contribution in [0.5, 0.6) is 0 Å². The van der Waals surface area contributed by atoms with Crippen LogP contribution in [0.3, 0.4) is 0 Å². The van der Waals surface area contributed by atoms with Crippen LogP contribution in [0, 0.1) is 6.92 Å². The minimum absolute atomic E-state index is 0.253. The van der Waals surface area contributed by atoms with E-state index in [9.17, 15) is 4.79 Å². The Hall–Kier alpha value is -2.15. The van der Waals surface area contributed by atoms with Crippen LogP contribution in [-0.4, -0.2) is 29.1 Å². The van der Waals surface area contributed by atoms with Gasteiger partial charge in [-0.3, -0.25) is 4.79 Å². The number of hydrogen-bond donors (Lipinski definition) is 4.